The highest BCUT2D eigenvalue weighted by Gasteiger charge is 2.23. The van der Waals surface area contributed by atoms with Crippen LogP contribution >= 0.6 is 0 Å². The predicted molar refractivity (Wildman–Crippen MR) is 65.0 cm³/mol. The van der Waals surface area contributed by atoms with Crippen LogP contribution in [0, 0.1) is 5.92 Å². The number of carbonyl (C=O) groups is 1. The van der Waals surface area contributed by atoms with E-state index in [-0.39, 0.29) is 6.04 Å². The molecule has 0 aromatic heterocycles. The molecule has 2 rings (SSSR count). The molecule has 1 saturated carbocycles. The smallest absolute Gasteiger partial charge is 0.222 e. The van der Waals surface area contributed by atoms with E-state index in [1.807, 2.05) is 0 Å². The van der Waals surface area contributed by atoms with Gasteiger partial charge in [-0.3, -0.25) is 4.79 Å². The van der Waals surface area contributed by atoms with Gasteiger partial charge in [0.1, 0.15) is 0 Å². The third kappa shape index (κ3) is 3.21. The lowest BCUT2D eigenvalue weighted by molar-refractivity contribution is -0.131. The van der Waals surface area contributed by atoms with Crippen molar-refractivity contribution in [1.82, 2.24) is 4.90 Å². The van der Waals surface area contributed by atoms with Crippen molar-refractivity contribution in [1.29, 1.82) is 0 Å². The summed E-state index contributed by atoms with van der Waals surface area (Å²) in [5.74, 6) is 1.09. The van der Waals surface area contributed by atoms with Gasteiger partial charge in [-0.05, 0) is 31.6 Å². The monoisotopic (exact) mass is 224 g/mol. The lowest BCUT2D eigenvalue weighted by atomic mass is 9.89. The molecule has 1 amide bonds. The highest BCUT2D eigenvalue weighted by Crippen LogP contribution is 2.25. The van der Waals surface area contributed by atoms with Crippen LogP contribution in [-0.2, 0) is 4.79 Å². The molecule has 1 atom stereocenters. The van der Waals surface area contributed by atoms with Gasteiger partial charge in [0.05, 0.1) is 0 Å². The zero-order chi connectivity index (χ0) is 11.4. The number of hydrogen-bond donors (Lipinski definition) is 1. The Morgan fingerprint density at radius 2 is 1.88 bits per heavy atom. The van der Waals surface area contributed by atoms with Gasteiger partial charge >= 0.3 is 0 Å². The second-order valence-corrected chi connectivity index (χ2v) is 5.43. The van der Waals surface area contributed by atoms with Crippen LogP contribution in [0.2, 0.25) is 0 Å². The average Bonchev–Trinajstić information content (AvgIpc) is 2.46. The second-order valence-electron chi connectivity index (χ2n) is 5.43. The van der Waals surface area contributed by atoms with Gasteiger partial charge in [0.2, 0.25) is 5.91 Å². The molecule has 92 valence electrons. The molecule has 2 N–H and O–H groups in total. The van der Waals surface area contributed by atoms with E-state index < -0.39 is 0 Å². The summed E-state index contributed by atoms with van der Waals surface area (Å²) in [6.45, 7) is 1.88. The molecule has 16 heavy (non-hydrogen) atoms. The summed E-state index contributed by atoms with van der Waals surface area (Å²) in [6.07, 6.45) is 9.24. The predicted octanol–water partition coefficient (Wildman–Crippen LogP) is 1.91. The molecule has 0 aromatic carbocycles. The van der Waals surface area contributed by atoms with Crippen molar-refractivity contribution in [2.24, 2.45) is 11.7 Å². The fourth-order valence-corrected chi connectivity index (χ4v) is 2.93. The maximum atomic E-state index is 11.9. The Kier molecular flexibility index (Phi) is 4.22. The van der Waals surface area contributed by atoms with Crippen molar-refractivity contribution in [3.8, 4) is 0 Å². The van der Waals surface area contributed by atoms with E-state index in [0.29, 0.717) is 12.3 Å². The van der Waals surface area contributed by atoms with E-state index in [9.17, 15) is 4.79 Å². The lowest BCUT2D eigenvalue weighted by Crippen LogP contribution is -2.35. The van der Waals surface area contributed by atoms with Gasteiger partial charge in [0.25, 0.3) is 0 Å². The highest BCUT2D eigenvalue weighted by molar-refractivity contribution is 5.76. The van der Waals surface area contributed by atoms with Gasteiger partial charge in [-0.2, -0.15) is 0 Å². The molecule has 2 aliphatic rings. The fraction of sp³-hybridized carbons (Fsp3) is 0.923. The van der Waals surface area contributed by atoms with Crippen molar-refractivity contribution in [2.45, 2.75) is 57.4 Å². The minimum atomic E-state index is 0.236. The van der Waals surface area contributed by atoms with Crippen LogP contribution in [0.25, 0.3) is 0 Å². The van der Waals surface area contributed by atoms with E-state index in [0.717, 1.165) is 31.8 Å². The minimum absolute atomic E-state index is 0.236. The van der Waals surface area contributed by atoms with Crippen molar-refractivity contribution in [3.05, 3.63) is 0 Å². The van der Waals surface area contributed by atoms with E-state index in [1.165, 1.54) is 32.1 Å². The van der Waals surface area contributed by atoms with Crippen molar-refractivity contribution in [3.63, 3.8) is 0 Å². The molecule has 3 heteroatoms. The standard InChI is InChI=1S/C13H24N2O/c14-12-6-7-13(16)15(9-8-12)10-11-4-2-1-3-5-11/h11-12H,1-10,14H2. The number of rotatable bonds is 2. The van der Waals surface area contributed by atoms with Crippen LogP contribution in [0.5, 0.6) is 0 Å². The summed E-state index contributed by atoms with van der Waals surface area (Å²) in [6, 6.07) is 0.236. The molecule has 0 spiro atoms. The van der Waals surface area contributed by atoms with Crippen LogP contribution in [-0.4, -0.2) is 29.9 Å². The molecule has 0 radical (unpaired) electrons. The van der Waals surface area contributed by atoms with Crippen molar-refractivity contribution in [2.75, 3.05) is 13.1 Å². The number of hydrogen-bond acceptors (Lipinski definition) is 2. The lowest BCUT2D eigenvalue weighted by Gasteiger charge is -2.29. The van der Waals surface area contributed by atoms with Crippen LogP contribution in [0.4, 0.5) is 0 Å². The first-order valence-corrected chi connectivity index (χ1v) is 6.79. The van der Waals surface area contributed by atoms with Gasteiger partial charge in [0.15, 0.2) is 0 Å². The summed E-state index contributed by atoms with van der Waals surface area (Å²) in [4.78, 5) is 14.0. The molecule has 3 nitrogen and oxygen atoms in total. The highest BCUT2D eigenvalue weighted by atomic mass is 16.2. The zero-order valence-electron chi connectivity index (χ0n) is 10.2. The van der Waals surface area contributed by atoms with Gasteiger partial charge in [-0.15, -0.1) is 0 Å². The minimum Gasteiger partial charge on any atom is -0.342 e. The molecular formula is C13H24N2O. The molecule has 1 unspecified atom stereocenters. The summed E-state index contributed by atoms with van der Waals surface area (Å²) < 4.78 is 0. The molecule has 1 heterocycles. The van der Waals surface area contributed by atoms with Crippen molar-refractivity contribution >= 4 is 5.91 Å². The Hall–Kier alpha value is -0.570. The first-order valence-electron chi connectivity index (χ1n) is 6.79. The zero-order valence-corrected chi connectivity index (χ0v) is 10.2. The third-order valence-corrected chi connectivity index (χ3v) is 4.05. The van der Waals surface area contributed by atoms with Crippen LogP contribution in [0.15, 0.2) is 0 Å². The van der Waals surface area contributed by atoms with Gasteiger partial charge in [-0.25, -0.2) is 0 Å². The first-order chi connectivity index (χ1) is 7.75. The van der Waals surface area contributed by atoms with E-state index >= 15 is 0 Å². The summed E-state index contributed by atoms with van der Waals surface area (Å²) in [7, 11) is 0. The van der Waals surface area contributed by atoms with Gasteiger partial charge in [-0.1, -0.05) is 19.3 Å². The number of likely N-dealkylation sites (tertiary alicyclic amines) is 1. The Morgan fingerprint density at radius 3 is 2.62 bits per heavy atom. The Bertz CT molecular complexity index is 236. The Morgan fingerprint density at radius 1 is 1.12 bits per heavy atom. The fourth-order valence-electron chi connectivity index (χ4n) is 2.93. The maximum absolute atomic E-state index is 11.9. The molecule has 0 bridgehead atoms. The molecule has 1 aliphatic heterocycles. The number of nitrogens with two attached hydrogens (primary N) is 1. The topological polar surface area (TPSA) is 46.3 Å². The normalized spacial score (nSPS) is 29.2. The average molecular weight is 224 g/mol. The quantitative estimate of drug-likeness (QED) is 0.778. The number of carbonyl (C=O) groups excluding carboxylic acids is 1. The molecular weight excluding hydrogens is 200 g/mol. The maximum Gasteiger partial charge on any atom is 0.222 e. The van der Waals surface area contributed by atoms with Crippen molar-refractivity contribution < 1.29 is 4.79 Å². The molecule has 0 aromatic rings. The van der Waals surface area contributed by atoms with E-state index in [4.69, 9.17) is 5.73 Å². The molecule has 2 fully saturated rings. The third-order valence-electron chi connectivity index (χ3n) is 4.05. The van der Waals surface area contributed by atoms with E-state index in [1.54, 1.807) is 0 Å². The largest absolute Gasteiger partial charge is 0.342 e. The van der Waals surface area contributed by atoms with E-state index in [2.05, 4.69) is 4.90 Å². The summed E-state index contributed by atoms with van der Waals surface area (Å²) >= 11 is 0. The molecule has 1 aliphatic carbocycles. The molecule has 1 saturated heterocycles. The van der Waals surface area contributed by atoms with Crippen LogP contribution in [0.1, 0.15) is 51.4 Å². The second kappa shape index (κ2) is 5.67. The van der Waals surface area contributed by atoms with Crippen LogP contribution in [0.3, 0.4) is 0 Å². The number of amides is 1. The Balaban J connectivity index is 1.84. The number of nitrogens with zero attached hydrogens (tertiary/aromatic N) is 1. The van der Waals surface area contributed by atoms with Crippen LogP contribution < -0.4 is 5.73 Å². The van der Waals surface area contributed by atoms with Gasteiger partial charge in [0, 0.05) is 25.6 Å². The Labute approximate surface area is 98.4 Å². The summed E-state index contributed by atoms with van der Waals surface area (Å²) in [5.41, 5.74) is 5.91. The first kappa shape index (κ1) is 11.9. The van der Waals surface area contributed by atoms with Gasteiger partial charge < -0.3 is 10.6 Å². The SMILES string of the molecule is NC1CCC(=O)N(CC2CCCCC2)CC1. The summed E-state index contributed by atoms with van der Waals surface area (Å²) in [5, 5.41) is 0.